The van der Waals surface area contributed by atoms with E-state index in [4.69, 9.17) is 5.73 Å². The van der Waals surface area contributed by atoms with Gasteiger partial charge in [0.25, 0.3) is 0 Å². The monoisotopic (exact) mass is 199 g/mol. The molecule has 3 nitrogen and oxygen atoms in total. The molecule has 0 aliphatic carbocycles. The Kier molecular flexibility index (Phi) is 5.45. The zero-order chi connectivity index (χ0) is 10.4. The van der Waals surface area contributed by atoms with Gasteiger partial charge in [-0.2, -0.15) is 0 Å². The topological polar surface area (TPSA) is 41.3 Å². The van der Waals surface area contributed by atoms with Gasteiger partial charge < -0.3 is 11.1 Å². The molecule has 2 atom stereocenters. The summed E-state index contributed by atoms with van der Waals surface area (Å²) in [5, 5.41) is 3.38. The first-order valence-electron chi connectivity index (χ1n) is 5.96. The lowest BCUT2D eigenvalue weighted by atomic mass is 10.0. The highest BCUT2D eigenvalue weighted by atomic mass is 15.2. The molecule has 0 amide bonds. The number of unbranched alkanes of at least 4 members (excludes halogenated alkanes) is 1. The van der Waals surface area contributed by atoms with E-state index >= 15 is 0 Å². The molecule has 0 aromatic carbocycles. The Labute approximate surface area is 88.0 Å². The van der Waals surface area contributed by atoms with Gasteiger partial charge in [0, 0.05) is 38.3 Å². The van der Waals surface area contributed by atoms with Gasteiger partial charge in [0.1, 0.15) is 0 Å². The van der Waals surface area contributed by atoms with Gasteiger partial charge >= 0.3 is 0 Å². The number of nitrogens with two attached hydrogens (primary N) is 1. The van der Waals surface area contributed by atoms with E-state index in [1.807, 2.05) is 0 Å². The van der Waals surface area contributed by atoms with E-state index in [1.54, 1.807) is 0 Å². The van der Waals surface area contributed by atoms with Crippen LogP contribution in [0.5, 0.6) is 0 Å². The second-order valence-electron chi connectivity index (χ2n) is 4.35. The van der Waals surface area contributed by atoms with Crippen molar-refractivity contribution in [2.45, 2.75) is 45.2 Å². The zero-order valence-corrected chi connectivity index (χ0v) is 9.63. The summed E-state index contributed by atoms with van der Waals surface area (Å²) in [5.74, 6) is 0. The molecule has 0 aromatic heterocycles. The van der Waals surface area contributed by atoms with Crippen LogP contribution in [0.1, 0.15) is 33.1 Å². The Morgan fingerprint density at radius 2 is 2.00 bits per heavy atom. The van der Waals surface area contributed by atoms with Crippen molar-refractivity contribution in [3.8, 4) is 0 Å². The molecule has 3 heteroatoms. The number of hydrogen-bond donors (Lipinski definition) is 2. The number of nitrogens with zero attached hydrogens (tertiary/aromatic N) is 1. The van der Waals surface area contributed by atoms with Gasteiger partial charge in [0.05, 0.1) is 0 Å². The number of hydrogen-bond acceptors (Lipinski definition) is 3. The third kappa shape index (κ3) is 3.56. The molecule has 0 radical (unpaired) electrons. The van der Waals surface area contributed by atoms with Crippen molar-refractivity contribution in [1.29, 1.82) is 0 Å². The highest BCUT2D eigenvalue weighted by molar-refractivity contribution is 4.82. The molecule has 2 unspecified atom stereocenters. The number of nitrogens with one attached hydrogen (secondary N) is 1. The molecule has 1 fully saturated rings. The molecule has 0 bridgehead atoms. The second-order valence-corrected chi connectivity index (χ2v) is 4.35. The molecule has 84 valence electrons. The normalized spacial score (nSPS) is 23.4. The predicted octanol–water partition coefficient (Wildman–Crippen LogP) is 0.798. The van der Waals surface area contributed by atoms with Crippen LogP contribution in [0.4, 0.5) is 0 Å². The van der Waals surface area contributed by atoms with Gasteiger partial charge in [-0.3, -0.25) is 4.90 Å². The maximum Gasteiger partial charge on any atom is 0.0245 e. The van der Waals surface area contributed by atoms with E-state index in [0.717, 1.165) is 26.2 Å². The average Bonchev–Trinajstić information content (AvgIpc) is 2.19. The summed E-state index contributed by atoms with van der Waals surface area (Å²) < 4.78 is 0. The smallest absolute Gasteiger partial charge is 0.0245 e. The third-order valence-electron chi connectivity index (χ3n) is 3.08. The number of rotatable bonds is 5. The van der Waals surface area contributed by atoms with Crippen LogP contribution in [0, 0.1) is 0 Å². The van der Waals surface area contributed by atoms with Gasteiger partial charge in [0.15, 0.2) is 0 Å². The van der Waals surface area contributed by atoms with Crippen molar-refractivity contribution >= 4 is 0 Å². The summed E-state index contributed by atoms with van der Waals surface area (Å²) in [5.41, 5.74) is 6.05. The highest BCUT2D eigenvalue weighted by Gasteiger charge is 2.22. The minimum atomic E-state index is 0.305. The molecule has 0 saturated carbocycles. The van der Waals surface area contributed by atoms with Crippen LogP contribution in [-0.4, -0.2) is 43.2 Å². The summed E-state index contributed by atoms with van der Waals surface area (Å²) >= 11 is 0. The first-order chi connectivity index (χ1) is 6.75. The SMILES string of the molecule is CCCCC(C(C)N)N1CCNCC1. The van der Waals surface area contributed by atoms with Crippen LogP contribution in [0.2, 0.25) is 0 Å². The van der Waals surface area contributed by atoms with Crippen LogP contribution in [0.25, 0.3) is 0 Å². The Morgan fingerprint density at radius 3 is 2.50 bits per heavy atom. The predicted molar refractivity (Wildman–Crippen MR) is 61.4 cm³/mol. The second kappa shape index (κ2) is 6.38. The standard InChI is InChI=1S/C11H25N3/c1-3-4-5-11(10(2)12)14-8-6-13-7-9-14/h10-11,13H,3-9,12H2,1-2H3. The quantitative estimate of drug-likeness (QED) is 0.688. The largest absolute Gasteiger partial charge is 0.327 e. The lowest BCUT2D eigenvalue weighted by molar-refractivity contribution is 0.145. The van der Waals surface area contributed by atoms with Crippen LogP contribution in [0.15, 0.2) is 0 Å². The van der Waals surface area contributed by atoms with E-state index in [0.29, 0.717) is 12.1 Å². The molecule has 1 aliphatic rings. The highest BCUT2D eigenvalue weighted by Crippen LogP contribution is 2.12. The zero-order valence-electron chi connectivity index (χ0n) is 9.63. The van der Waals surface area contributed by atoms with Crippen molar-refractivity contribution in [3.63, 3.8) is 0 Å². The molecular formula is C11H25N3. The van der Waals surface area contributed by atoms with E-state index in [1.165, 1.54) is 19.3 Å². The molecule has 14 heavy (non-hydrogen) atoms. The fourth-order valence-electron chi connectivity index (χ4n) is 2.21. The molecule has 0 aromatic rings. The molecule has 3 N–H and O–H groups in total. The van der Waals surface area contributed by atoms with Gasteiger partial charge in [-0.15, -0.1) is 0 Å². The van der Waals surface area contributed by atoms with Gasteiger partial charge in [-0.25, -0.2) is 0 Å². The fraction of sp³-hybridized carbons (Fsp3) is 1.00. The fourth-order valence-corrected chi connectivity index (χ4v) is 2.21. The van der Waals surface area contributed by atoms with Crippen molar-refractivity contribution in [3.05, 3.63) is 0 Å². The Morgan fingerprint density at radius 1 is 1.36 bits per heavy atom. The Bertz CT molecular complexity index is 141. The molecule has 0 spiro atoms. The lowest BCUT2D eigenvalue weighted by Crippen LogP contribution is -2.53. The van der Waals surface area contributed by atoms with Crippen LogP contribution >= 0.6 is 0 Å². The lowest BCUT2D eigenvalue weighted by Gasteiger charge is -2.37. The summed E-state index contributed by atoms with van der Waals surface area (Å²) in [6.45, 7) is 8.95. The molecule has 1 saturated heterocycles. The summed E-state index contributed by atoms with van der Waals surface area (Å²) in [4.78, 5) is 2.55. The summed E-state index contributed by atoms with van der Waals surface area (Å²) in [6, 6.07) is 0.900. The first kappa shape index (κ1) is 12.0. The van der Waals surface area contributed by atoms with Crippen molar-refractivity contribution < 1.29 is 0 Å². The van der Waals surface area contributed by atoms with Crippen LogP contribution in [-0.2, 0) is 0 Å². The minimum absolute atomic E-state index is 0.305. The molecule has 1 rings (SSSR count). The summed E-state index contributed by atoms with van der Waals surface area (Å²) in [7, 11) is 0. The van der Waals surface area contributed by atoms with Gasteiger partial charge in [0.2, 0.25) is 0 Å². The van der Waals surface area contributed by atoms with E-state index in [9.17, 15) is 0 Å². The van der Waals surface area contributed by atoms with E-state index < -0.39 is 0 Å². The maximum atomic E-state index is 6.05. The average molecular weight is 199 g/mol. The summed E-state index contributed by atoms with van der Waals surface area (Å²) in [6.07, 6.45) is 3.83. The molecule has 1 aliphatic heterocycles. The third-order valence-corrected chi connectivity index (χ3v) is 3.08. The maximum absolute atomic E-state index is 6.05. The minimum Gasteiger partial charge on any atom is -0.327 e. The van der Waals surface area contributed by atoms with E-state index in [2.05, 4.69) is 24.1 Å². The van der Waals surface area contributed by atoms with Crippen LogP contribution in [0.3, 0.4) is 0 Å². The van der Waals surface area contributed by atoms with Gasteiger partial charge in [-0.1, -0.05) is 19.8 Å². The molecular weight excluding hydrogens is 174 g/mol. The van der Waals surface area contributed by atoms with Crippen molar-refractivity contribution in [2.24, 2.45) is 5.73 Å². The Hall–Kier alpha value is -0.120. The van der Waals surface area contributed by atoms with E-state index in [-0.39, 0.29) is 0 Å². The van der Waals surface area contributed by atoms with Crippen LogP contribution < -0.4 is 11.1 Å². The Balaban J connectivity index is 2.39. The van der Waals surface area contributed by atoms with Gasteiger partial charge in [-0.05, 0) is 13.3 Å². The first-order valence-corrected chi connectivity index (χ1v) is 5.96. The molecule has 1 heterocycles. The van der Waals surface area contributed by atoms with Crippen molar-refractivity contribution in [2.75, 3.05) is 26.2 Å². The number of piperazine rings is 1. The van der Waals surface area contributed by atoms with Crippen molar-refractivity contribution in [1.82, 2.24) is 10.2 Å².